The summed E-state index contributed by atoms with van der Waals surface area (Å²) in [4.78, 5) is 19.3. The molecule has 3 nitrogen and oxygen atoms in total. The van der Waals surface area contributed by atoms with Crippen molar-refractivity contribution in [2.75, 3.05) is 0 Å². The highest BCUT2D eigenvalue weighted by atomic mass is 16.1. The molecule has 1 aromatic heterocycles. The van der Waals surface area contributed by atoms with E-state index in [2.05, 4.69) is 9.97 Å². The summed E-state index contributed by atoms with van der Waals surface area (Å²) in [6.07, 6.45) is 3.74. The Morgan fingerprint density at radius 2 is 1.85 bits per heavy atom. The van der Waals surface area contributed by atoms with E-state index in [1.165, 1.54) is 0 Å². The predicted octanol–water partition coefficient (Wildman–Crippen LogP) is 3.40. The first-order chi connectivity index (χ1) is 9.72. The molecular weight excluding hydrogens is 248 g/mol. The van der Waals surface area contributed by atoms with E-state index in [4.69, 9.17) is 0 Å². The third kappa shape index (κ3) is 2.52. The first-order valence-corrected chi connectivity index (χ1v) is 6.46. The van der Waals surface area contributed by atoms with Crippen LogP contribution in [0.5, 0.6) is 0 Å². The lowest BCUT2D eigenvalue weighted by atomic mass is 10.1. The smallest absolute Gasteiger partial charge is 0.259 e. The Balaban J connectivity index is 2.03. The normalized spacial score (nSPS) is 11.2. The van der Waals surface area contributed by atoms with E-state index in [0.717, 1.165) is 11.1 Å². The maximum absolute atomic E-state index is 12.0. The van der Waals surface area contributed by atoms with Gasteiger partial charge in [0.15, 0.2) is 0 Å². The number of fused-ring (bicyclic) bond motifs is 1. The van der Waals surface area contributed by atoms with Gasteiger partial charge in [0, 0.05) is 0 Å². The summed E-state index contributed by atoms with van der Waals surface area (Å²) in [6, 6.07) is 15.6. The fourth-order valence-electron chi connectivity index (χ4n) is 2.09. The van der Waals surface area contributed by atoms with Crippen LogP contribution < -0.4 is 5.56 Å². The van der Waals surface area contributed by atoms with Crippen molar-refractivity contribution in [2.45, 2.75) is 6.92 Å². The molecule has 0 amide bonds. The van der Waals surface area contributed by atoms with Crippen LogP contribution in [0.1, 0.15) is 17.0 Å². The van der Waals surface area contributed by atoms with Crippen molar-refractivity contribution in [1.82, 2.24) is 9.97 Å². The SMILES string of the molecule is Cc1ccc2nc(/C=C/c3ccccc3)[nH]c(=O)c2c1. The van der Waals surface area contributed by atoms with E-state index in [1.807, 2.05) is 67.6 Å². The molecule has 20 heavy (non-hydrogen) atoms. The van der Waals surface area contributed by atoms with Crippen LogP contribution in [0.3, 0.4) is 0 Å². The predicted molar refractivity (Wildman–Crippen MR) is 82.5 cm³/mol. The molecule has 0 aliphatic heterocycles. The first-order valence-electron chi connectivity index (χ1n) is 6.46. The van der Waals surface area contributed by atoms with E-state index >= 15 is 0 Å². The summed E-state index contributed by atoms with van der Waals surface area (Å²) in [7, 11) is 0. The molecule has 0 spiro atoms. The summed E-state index contributed by atoms with van der Waals surface area (Å²) in [5.74, 6) is 0.565. The third-order valence-corrected chi connectivity index (χ3v) is 3.11. The molecule has 3 heteroatoms. The molecule has 1 N–H and O–H groups in total. The van der Waals surface area contributed by atoms with Crippen LogP contribution >= 0.6 is 0 Å². The van der Waals surface area contributed by atoms with Gasteiger partial charge in [0.1, 0.15) is 5.82 Å². The van der Waals surface area contributed by atoms with Crippen molar-refractivity contribution in [3.63, 3.8) is 0 Å². The van der Waals surface area contributed by atoms with Gasteiger partial charge in [-0.1, -0.05) is 48.0 Å². The average molecular weight is 262 g/mol. The molecule has 0 aliphatic carbocycles. The second-order valence-corrected chi connectivity index (χ2v) is 4.72. The Labute approximate surface area is 116 Å². The van der Waals surface area contributed by atoms with Crippen LogP contribution in [-0.2, 0) is 0 Å². The second kappa shape index (κ2) is 5.13. The number of nitrogens with zero attached hydrogens (tertiary/aromatic N) is 1. The Morgan fingerprint density at radius 3 is 2.65 bits per heavy atom. The number of aromatic nitrogens is 2. The lowest BCUT2D eigenvalue weighted by molar-refractivity contribution is 1.14. The Kier molecular flexibility index (Phi) is 3.17. The zero-order chi connectivity index (χ0) is 13.9. The van der Waals surface area contributed by atoms with Gasteiger partial charge in [0.05, 0.1) is 10.9 Å². The van der Waals surface area contributed by atoms with Gasteiger partial charge in [-0.05, 0) is 30.7 Å². The number of rotatable bonds is 2. The van der Waals surface area contributed by atoms with Crippen LogP contribution in [0.4, 0.5) is 0 Å². The average Bonchev–Trinajstić information content (AvgIpc) is 2.47. The van der Waals surface area contributed by atoms with Crippen molar-refractivity contribution < 1.29 is 0 Å². The van der Waals surface area contributed by atoms with E-state index in [1.54, 1.807) is 0 Å². The molecule has 0 radical (unpaired) electrons. The van der Waals surface area contributed by atoms with Crippen LogP contribution in [0.25, 0.3) is 23.1 Å². The van der Waals surface area contributed by atoms with Crippen LogP contribution in [0.15, 0.2) is 53.3 Å². The highest BCUT2D eigenvalue weighted by Gasteiger charge is 2.01. The molecule has 0 saturated heterocycles. The monoisotopic (exact) mass is 262 g/mol. The standard InChI is InChI=1S/C17H14N2O/c1-12-7-9-15-14(11-12)17(20)19-16(18-15)10-8-13-5-3-2-4-6-13/h2-11H,1H3,(H,18,19,20)/b10-8+. The molecule has 0 unspecified atom stereocenters. The number of aryl methyl sites for hydroxylation is 1. The number of hydrogen-bond acceptors (Lipinski definition) is 2. The molecular formula is C17H14N2O. The van der Waals surface area contributed by atoms with Crippen LogP contribution in [-0.4, -0.2) is 9.97 Å². The number of nitrogens with one attached hydrogen (secondary N) is 1. The van der Waals surface area contributed by atoms with E-state index < -0.39 is 0 Å². The van der Waals surface area contributed by atoms with Gasteiger partial charge in [0.25, 0.3) is 5.56 Å². The van der Waals surface area contributed by atoms with Gasteiger partial charge in [-0.2, -0.15) is 0 Å². The largest absolute Gasteiger partial charge is 0.306 e. The lowest BCUT2D eigenvalue weighted by Crippen LogP contribution is -2.09. The van der Waals surface area contributed by atoms with Gasteiger partial charge < -0.3 is 4.98 Å². The molecule has 0 atom stereocenters. The van der Waals surface area contributed by atoms with E-state index in [-0.39, 0.29) is 5.56 Å². The van der Waals surface area contributed by atoms with Crippen molar-refractivity contribution in [3.05, 3.63) is 75.8 Å². The van der Waals surface area contributed by atoms with Gasteiger partial charge in [0.2, 0.25) is 0 Å². The zero-order valence-corrected chi connectivity index (χ0v) is 11.1. The van der Waals surface area contributed by atoms with Gasteiger partial charge in [-0.25, -0.2) is 4.98 Å². The summed E-state index contributed by atoms with van der Waals surface area (Å²) in [5.41, 5.74) is 2.73. The molecule has 0 fully saturated rings. The minimum absolute atomic E-state index is 0.105. The van der Waals surface area contributed by atoms with Gasteiger partial charge >= 0.3 is 0 Å². The molecule has 0 bridgehead atoms. The maximum atomic E-state index is 12.0. The van der Waals surface area contributed by atoms with E-state index in [0.29, 0.717) is 16.7 Å². The Hall–Kier alpha value is -2.68. The summed E-state index contributed by atoms with van der Waals surface area (Å²) in [5, 5.41) is 0.627. The van der Waals surface area contributed by atoms with Gasteiger partial charge in [-0.15, -0.1) is 0 Å². The maximum Gasteiger partial charge on any atom is 0.259 e. The number of hydrogen-bond donors (Lipinski definition) is 1. The van der Waals surface area contributed by atoms with Gasteiger partial charge in [-0.3, -0.25) is 4.79 Å². The van der Waals surface area contributed by atoms with Crippen molar-refractivity contribution in [1.29, 1.82) is 0 Å². The van der Waals surface area contributed by atoms with Crippen LogP contribution in [0.2, 0.25) is 0 Å². The minimum atomic E-state index is -0.105. The summed E-state index contributed by atoms with van der Waals surface area (Å²) < 4.78 is 0. The third-order valence-electron chi connectivity index (χ3n) is 3.11. The van der Waals surface area contributed by atoms with Crippen molar-refractivity contribution >= 4 is 23.1 Å². The quantitative estimate of drug-likeness (QED) is 0.769. The number of H-pyrrole nitrogens is 1. The molecule has 0 saturated carbocycles. The lowest BCUT2D eigenvalue weighted by Gasteiger charge is -2.00. The topological polar surface area (TPSA) is 45.8 Å². The fourth-order valence-corrected chi connectivity index (χ4v) is 2.09. The molecule has 3 rings (SSSR count). The molecule has 3 aromatic rings. The van der Waals surface area contributed by atoms with Crippen molar-refractivity contribution in [2.24, 2.45) is 0 Å². The van der Waals surface area contributed by atoms with Crippen molar-refractivity contribution in [3.8, 4) is 0 Å². The zero-order valence-electron chi connectivity index (χ0n) is 11.1. The molecule has 2 aromatic carbocycles. The summed E-state index contributed by atoms with van der Waals surface area (Å²) in [6.45, 7) is 1.96. The molecule has 98 valence electrons. The van der Waals surface area contributed by atoms with Crippen LogP contribution in [0, 0.1) is 6.92 Å². The Morgan fingerprint density at radius 1 is 1.05 bits per heavy atom. The molecule has 0 aliphatic rings. The summed E-state index contributed by atoms with van der Waals surface area (Å²) >= 11 is 0. The highest BCUT2D eigenvalue weighted by molar-refractivity contribution is 5.79. The highest BCUT2D eigenvalue weighted by Crippen LogP contribution is 2.11. The molecule has 1 heterocycles. The number of benzene rings is 2. The second-order valence-electron chi connectivity index (χ2n) is 4.72. The fraction of sp³-hybridized carbons (Fsp3) is 0.0588. The van der Waals surface area contributed by atoms with E-state index in [9.17, 15) is 4.79 Å². The first kappa shape index (κ1) is 12.4. The minimum Gasteiger partial charge on any atom is -0.306 e. The Bertz CT molecular complexity index is 832. The number of aromatic amines is 1.